The minimum absolute atomic E-state index is 0.257. The lowest BCUT2D eigenvalue weighted by Crippen LogP contribution is -2.31. The van der Waals surface area contributed by atoms with Crippen molar-refractivity contribution in [2.24, 2.45) is 0 Å². The van der Waals surface area contributed by atoms with Crippen LogP contribution in [0.3, 0.4) is 0 Å². The normalized spacial score (nSPS) is 19.3. The van der Waals surface area contributed by atoms with Gasteiger partial charge in [-0.2, -0.15) is 4.31 Å². The second kappa shape index (κ2) is 6.33. The highest BCUT2D eigenvalue weighted by Gasteiger charge is 2.39. The molecular formula is C18H24N2O3S. The van der Waals surface area contributed by atoms with Gasteiger partial charge in [0.05, 0.1) is 16.6 Å². The first-order chi connectivity index (χ1) is 11.3. The fourth-order valence-electron chi connectivity index (χ4n) is 3.16. The van der Waals surface area contributed by atoms with E-state index in [1.54, 1.807) is 10.4 Å². The van der Waals surface area contributed by atoms with Gasteiger partial charge in [0.25, 0.3) is 0 Å². The van der Waals surface area contributed by atoms with Gasteiger partial charge in [-0.25, -0.2) is 8.42 Å². The average Bonchev–Trinajstić information content (AvgIpc) is 3.17. The Morgan fingerprint density at radius 3 is 2.67 bits per heavy atom. The molecule has 0 radical (unpaired) electrons. The third kappa shape index (κ3) is 3.00. The lowest BCUT2D eigenvalue weighted by Gasteiger charge is -2.23. The van der Waals surface area contributed by atoms with Crippen LogP contribution in [0.15, 0.2) is 33.7 Å². The molecule has 24 heavy (non-hydrogen) atoms. The van der Waals surface area contributed by atoms with Crippen LogP contribution < -0.4 is 0 Å². The van der Waals surface area contributed by atoms with Gasteiger partial charge in [-0.05, 0) is 49.8 Å². The third-order valence-electron chi connectivity index (χ3n) is 4.60. The summed E-state index contributed by atoms with van der Waals surface area (Å²) in [5.41, 5.74) is 2.57. The molecule has 1 aliphatic heterocycles. The van der Waals surface area contributed by atoms with Crippen molar-refractivity contribution in [3.8, 4) is 0 Å². The Bertz CT molecular complexity index is 840. The van der Waals surface area contributed by atoms with E-state index in [-0.39, 0.29) is 12.0 Å². The lowest BCUT2D eigenvalue weighted by atomic mass is 10.1. The highest BCUT2D eigenvalue weighted by atomic mass is 32.2. The van der Waals surface area contributed by atoms with Gasteiger partial charge in [0.2, 0.25) is 10.0 Å². The Labute approximate surface area is 143 Å². The molecule has 1 fully saturated rings. The summed E-state index contributed by atoms with van der Waals surface area (Å²) in [5.74, 6) is 0.901. The molecule has 0 aliphatic carbocycles. The largest absolute Gasteiger partial charge is 0.359 e. The molecular weight excluding hydrogens is 324 g/mol. The number of aryl methyl sites for hydroxylation is 2. The Hall–Kier alpha value is -1.66. The quantitative estimate of drug-likeness (QED) is 0.839. The standard InChI is InChI=1S/C18H24N2O3S/c1-12(2)15-11-17(23-19-15)16-6-5-9-20(16)24(21,22)18-10-13(3)7-8-14(18)4/h7-8,10-12,16H,5-6,9H2,1-4H3. The van der Waals surface area contributed by atoms with Gasteiger partial charge in [0.15, 0.2) is 5.76 Å². The summed E-state index contributed by atoms with van der Waals surface area (Å²) in [6, 6.07) is 7.17. The van der Waals surface area contributed by atoms with E-state index in [2.05, 4.69) is 5.16 Å². The molecule has 0 N–H and O–H groups in total. The topological polar surface area (TPSA) is 63.4 Å². The maximum absolute atomic E-state index is 13.2. The molecule has 5 nitrogen and oxygen atoms in total. The van der Waals surface area contributed by atoms with E-state index in [0.29, 0.717) is 17.2 Å². The van der Waals surface area contributed by atoms with Crippen LogP contribution in [-0.2, 0) is 10.0 Å². The van der Waals surface area contributed by atoms with Crippen LogP contribution in [0.1, 0.15) is 61.2 Å². The predicted octanol–water partition coefficient (Wildman–Crippen LogP) is 3.94. The first kappa shape index (κ1) is 17.2. The summed E-state index contributed by atoms with van der Waals surface area (Å²) in [5, 5.41) is 4.08. The van der Waals surface area contributed by atoms with Crippen molar-refractivity contribution in [3.63, 3.8) is 0 Å². The monoisotopic (exact) mass is 348 g/mol. The van der Waals surface area contributed by atoms with Crippen molar-refractivity contribution < 1.29 is 12.9 Å². The molecule has 2 aromatic rings. The van der Waals surface area contributed by atoms with E-state index in [9.17, 15) is 8.42 Å². The zero-order valence-corrected chi connectivity index (χ0v) is 15.4. The maximum Gasteiger partial charge on any atom is 0.244 e. The van der Waals surface area contributed by atoms with Crippen molar-refractivity contribution in [1.29, 1.82) is 0 Å². The predicted molar refractivity (Wildman–Crippen MR) is 92.4 cm³/mol. The minimum atomic E-state index is -3.55. The molecule has 0 saturated carbocycles. The van der Waals surface area contributed by atoms with Crippen molar-refractivity contribution >= 4 is 10.0 Å². The molecule has 1 unspecified atom stereocenters. The van der Waals surface area contributed by atoms with Crippen LogP contribution in [0.25, 0.3) is 0 Å². The number of hydrogen-bond acceptors (Lipinski definition) is 4. The molecule has 6 heteroatoms. The number of aromatic nitrogens is 1. The van der Waals surface area contributed by atoms with Crippen LogP contribution in [-0.4, -0.2) is 24.4 Å². The van der Waals surface area contributed by atoms with E-state index in [0.717, 1.165) is 29.7 Å². The van der Waals surface area contributed by atoms with Gasteiger partial charge < -0.3 is 4.52 Å². The maximum atomic E-state index is 13.2. The zero-order valence-electron chi connectivity index (χ0n) is 14.6. The van der Waals surface area contributed by atoms with Gasteiger partial charge in [-0.3, -0.25) is 0 Å². The van der Waals surface area contributed by atoms with E-state index in [1.807, 2.05) is 45.9 Å². The highest BCUT2D eigenvalue weighted by Crippen LogP contribution is 2.38. The molecule has 3 rings (SSSR count). The van der Waals surface area contributed by atoms with Crippen LogP contribution in [0.2, 0.25) is 0 Å². The Kier molecular flexibility index (Phi) is 4.53. The van der Waals surface area contributed by atoms with Crippen LogP contribution in [0.5, 0.6) is 0 Å². The minimum Gasteiger partial charge on any atom is -0.359 e. The number of benzene rings is 1. The summed E-state index contributed by atoms with van der Waals surface area (Å²) < 4.78 is 33.4. The molecule has 1 aromatic carbocycles. The molecule has 1 saturated heterocycles. The molecule has 0 spiro atoms. The van der Waals surface area contributed by atoms with Gasteiger partial charge >= 0.3 is 0 Å². The van der Waals surface area contributed by atoms with Crippen LogP contribution in [0.4, 0.5) is 0 Å². The number of rotatable bonds is 4. The summed E-state index contributed by atoms with van der Waals surface area (Å²) in [6.07, 6.45) is 1.59. The van der Waals surface area contributed by atoms with Crippen molar-refractivity contribution in [2.45, 2.75) is 57.4 Å². The Balaban J connectivity index is 1.98. The second-order valence-corrected chi connectivity index (χ2v) is 8.71. The number of sulfonamides is 1. The lowest BCUT2D eigenvalue weighted by molar-refractivity contribution is 0.295. The molecule has 1 aromatic heterocycles. The van der Waals surface area contributed by atoms with E-state index in [4.69, 9.17) is 4.52 Å². The zero-order chi connectivity index (χ0) is 17.5. The van der Waals surface area contributed by atoms with Crippen LogP contribution >= 0.6 is 0 Å². The summed E-state index contributed by atoms with van der Waals surface area (Å²) in [6.45, 7) is 8.34. The molecule has 2 heterocycles. The van der Waals surface area contributed by atoms with E-state index >= 15 is 0 Å². The molecule has 130 valence electrons. The number of hydrogen-bond donors (Lipinski definition) is 0. The van der Waals surface area contributed by atoms with Gasteiger partial charge in [0, 0.05) is 12.6 Å². The average molecular weight is 348 g/mol. The van der Waals surface area contributed by atoms with Crippen LogP contribution in [0, 0.1) is 13.8 Å². The SMILES string of the molecule is Cc1ccc(C)c(S(=O)(=O)N2CCCC2c2cc(C(C)C)no2)c1. The Morgan fingerprint density at radius 1 is 1.25 bits per heavy atom. The molecule has 0 amide bonds. The molecule has 0 bridgehead atoms. The first-order valence-corrected chi connectivity index (χ1v) is 9.80. The first-order valence-electron chi connectivity index (χ1n) is 8.36. The van der Waals surface area contributed by atoms with Crippen molar-refractivity contribution in [2.75, 3.05) is 6.54 Å². The summed E-state index contributed by atoms with van der Waals surface area (Å²) in [4.78, 5) is 0.387. The highest BCUT2D eigenvalue weighted by molar-refractivity contribution is 7.89. The van der Waals surface area contributed by atoms with Gasteiger partial charge in [0.1, 0.15) is 0 Å². The summed E-state index contributed by atoms with van der Waals surface area (Å²) >= 11 is 0. The van der Waals surface area contributed by atoms with E-state index < -0.39 is 10.0 Å². The second-order valence-electron chi connectivity index (χ2n) is 6.85. The Morgan fingerprint density at radius 2 is 2.00 bits per heavy atom. The van der Waals surface area contributed by atoms with Crippen molar-refractivity contribution in [3.05, 3.63) is 46.8 Å². The molecule has 1 atom stereocenters. The van der Waals surface area contributed by atoms with Crippen molar-refractivity contribution in [1.82, 2.24) is 9.46 Å². The van der Waals surface area contributed by atoms with E-state index in [1.165, 1.54) is 0 Å². The fraction of sp³-hybridized carbons (Fsp3) is 0.500. The third-order valence-corrected chi connectivity index (χ3v) is 6.65. The number of nitrogens with zero attached hydrogens (tertiary/aromatic N) is 2. The smallest absolute Gasteiger partial charge is 0.244 e. The van der Waals surface area contributed by atoms with Gasteiger partial charge in [-0.15, -0.1) is 0 Å². The molecule has 1 aliphatic rings. The van der Waals surface area contributed by atoms with Gasteiger partial charge in [-0.1, -0.05) is 31.1 Å². The summed E-state index contributed by atoms with van der Waals surface area (Å²) in [7, 11) is -3.55. The fourth-order valence-corrected chi connectivity index (χ4v) is 5.13.